The first kappa shape index (κ1) is 13.2. The molecule has 0 N–H and O–H groups in total. The van der Waals surface area contributed by atoms with E-state index in [2.05, 4.69) is 21.7 Å². The van der Waals surface area contributed by atoms with Crippen molar-refractivity contribution in [2.75, 3.05) is 44.8 Å². The van der Waals surface area contributed by atoms with Crippen molar-refractivity contribution in [3.8, 4) is 0 Å². The van der Waals surface area contributed by atoms with E-state index in [9.17, 15) is 4.39 Å². The Bertz CT molecular complexity index is 380. The number of aromatic nitrogens is 1. The highest BCUT2D eigenvalue weighted by Gasteiger charge is 2.21. The van der Waals surface area contributed by atoms with E-state index < -0.39 is 5.95 Å². The van der Waals surface area contributed by atoms with Crippen LogP contribution in [0.5, 0.6) is 0 Å². The van der Waals surface area contributed by atoms with Gasteiger partial charge in [0.25, 0.3) is 0 Å². The fraction of sp³-hybridized carbons (Fsp3) is 0.615. The van der Waals surface area contributed by atoms with Gasteiger partial charge in [-0.05, 0) is 19.1 Å². The Morgan fingerprint density at radius 3 is 2.67 bits per heavy atom. The van der Waals surface area contributed by atoms with E-state index in [1.54, 1.807) is 13.2 Å². The quantitative estimate of drug-likeness (QED) is 0.758. The Balaban J connectivity index is 1.90. The van der Waals surface area contributed by atoms with Crippen LogP contribution in [0.3, 0.4) is 0 Å². The molecule has 0 aliphatic carbocycles. The standard InChI is InChI=1S/C13H20FN3O/c1-11(10-18-2)16-6-8-17(9-7-16)13-5-3-4-12(14)15-13/h3-5,11H,6-10H2,1-2H3/t11-/m0/s1. The molecular weight excluding hydrogens is 233 g/mol. The molecule has 2 rings (SSSR count). The molecule has 0 radical (unpaired) electrons. The van der Waals surface area contributed by atoms with E-state index in [1.165, 1.54) is 6.07 Å². The van der Waals surface area contributed by atoms with Crippen LogP contribution in [0.2, 0.25) is 0 Å². The summed E-state index contributed by atoms with van der Waals surface area (Å²) < 4.78 is 18.2. The van der Waals surface area contributed by atoms with Gasteiger partial charge < -0.3 is 9.64 Å². The average molecular weight is 253 g/mol. The Morgan fingerprint density at radius 1 is 1.33 bits per heavy atom. The summed E-state index contributed by atoms with van der Waals surface area (Å²) >= 11 is 0. The summed E-state index contributed by atoms with van der Waals surface area (Å²) in [5.41, 5.74) is 0. The van der Waals surface area contributed by atoms with Crippen molar-refractivity contribution in [2.45, 2.75) is 13.0 Å². The number of nitrogens with zero attached hydrogens (tertiary/aromatic N) is 3. The largest absolute Gasteiger partial charge is 0.383 e. The maximum atomic E-state index is 13.1. The lowest BCUT2D eigenvalue weighted by molar-refractivity contribution is 0.0952. The number of halogens is 1. The van der Waals surface area contributed by atoms with Crippen LogP contribution < -0.4 is 4.90 Å². The van der Waals surface area contributed by atoms with Gasteiger partial charge in [-0.2, -0.15) is 4.39 Å². The van der Waals surface area contributed by atoms with Crippen molar-refractivity contribution in [3.63, 3.8) is 0 Å². The highest BCUT2D eigenvalue weighted by Crippen LogP contribution is 2.15. The second-order valence-corrected chi connectivity index (χ2v) is 4.65. The van der Waals surface area contributed by atoms with Gasteiger partial charge in [-0.1, -0.05) is 6.07 Å². The Morgan fingerprint density at radius 2 is 2.06 bits per heavy atom. The van der Waals surface area contributed by atoms with Gasteiger partial charge in [0.2, 0.25) is 5.95 Å². The molecule has 0 spiro atoms. The molecule has 1 aliphatic heterocycles. The second-order valence-electron chi connectivity index (χ2n) is 4.65. The first-order valence-corrected chi connectivity index (χ1v) is 6.31. The average Bonchev–Trinajstić information content (AvgIpc) is 2.39. The number of rotatable bonds is 4. The number of pyridine rings is 1. The van der Waals surface area contributed by atoms with E-state index in [1.807, 2.05) is 6.07 Å². The minimum absolute atomic E-state index is 0.414. The summed E-state index contributed by atoms with van der Waals surface area (Å²) in [6.45, 7) is 6.60. The monoisotopic (exact) mass is 253 g/mol. The molecule has 1 fully saturated rings. The fourth-order valence-corrected chi connectivity index (χ4v) is 2.31. The Hall–Kier alpha value is -1.20. The molecule has 1 aromatic heterocycles. The third-order valence-corrected chi connectivity index (χ3v) is 3.37. The third-order valence-electron chi connectivity index (χ3n) is 3.37. The van der Waals surface area contributed by atoms with Crippen LogP contribution in [0.4, 0.5) is 10.2 Å². The van der Waals surface area contributed by atoms with Gasteiger partial charge >= 0.3 is 0 Å². The lowest BCUT2D eigenvalue weighted by Gasteiger charge is -2.38. The molecule has 1 aromatic rings. The Kier molecular flexibility index (Phi) is 4.49. The molecule has 0 amide bonds. The van der Waals surface area contributed by atoms with Gasteiger partial charge in [-0.25, -0.2) is 4.98 Å². The van der Waals surface area contributed by atoms with Gasteiger partial charge in [-0.3, -0.25) is 4.90 Å². The molecule has 2 heterocycles. The predicted octanol–water partition coefficient (Wildman–Crippen LogP) is 1.38. The van der Waals surface area contributed by atoms with Crippen LogP contribution in [0, 0.1) is 5.95 Å². The van der Waals surface area contributed by atoms with Crippen LogP contribution in [0.15, 0.2) is 18.2 Å². The Labute approximate surface area is 107 Å². The molecule has 0 saturated carbocycles. The van der Waals surface area contributed by atoms with Crippen molar-refractivity contribution in [3.05, 3.63) is 24.1 Å². The molecule has 5 heteroatoms. The molecule has 1 atom stereocenters. The second kappa shape index (κ2) is 6.11. The molecule has 18 heavy (non-hydrogen) atoms. The number of anilines is 1. The highest BCUT2D eigenvalue weighted by molar-refractivity contribution is 5.38. The van der Waals surface area contributed by atoms with Gasteiger partial charge in [0.05, 0.1) is 6.61 Å². The lowest BCUT2D eigenvalue weighted by atomic mass is 10.2. The molecule has 0 aromatic carbocycles. The summed E-state index contributed by atoms with van der Waals surface area (Å²) in [6, 6.07) is 5.37. The summed E-state index contributed by atoms with van der Waals surface area (Å²) in [5.74, 6) is 0.316. The van der Waals surface area contributed by atoms with Crippen molar-refractivity contribution < 1.29 is 9.13 Å². The molecule has 1 aliphatic rings. The SMILES string of the molecule is COC[C@H](C)N1CCN(c2cccc(F)n2)CC1. The summed E-state index contributed by atoms with van der Waals surface area (Å²) in [7, 11) is 1.73. The molecule has 100 valence electrons. The van der Waals surface area contributed by atoms with Gasteiger partial charge in [-0.15, -0.1) is 0 Å². The van der Waals surface area contributed by atoms with Crippen LogP contribution in [0.1, 0.15) is 6.92 Å². The maximum Gasteiger partial charge on any atom is 0.214 e. The van der Waals surface area contributed by atoms with Crippen LogP contribution in [-0.2, 0) is 4.74 Å². The molecule has 0 unspecified atom stereocenters. The topological polar surface area (TPSA) is 28.6 Å². The van der Waals surface area contributed by atoms with Gasteiger partial charge in [0, 0.05) is 39.3 Å². The summed E-state index contributed by atoms with van der Waals surface area (Å²) in [4.78, 5) is 8.43. The zero-order valence-electron chi connectivity index (χ0n) is 11.0. The zero-order valence-corrected chi connectivity index (χ0v) is 11.0. The van der Waals surface area contributed by atoms with Crippen LogP contribution >= 0.6 is 0 Å². The number of methoxy groups -OCH3 is 1. The fourth-order valence-electron chi connectivity index (χ4n) is 2.31. The summed E-state index contributed by atoms with van der Waals surface area (Å²) in [6.07, 6.45) is 0. The minimum Gasteiger partial charge on any atom is -0.383 e. The van der Waals surface area contributed by atoms with E-state index in [4.69, 9.17) is 4.74 Å². The number of ether oxygens (including phenoxy) is 1. The van der Waals surface area contributed by atoms with Gasteiger partial charge in [0.15, 0.2) is 0 Å². The van der Waals surface area contributed by atoms with Crippen molar-refractivity contribution in [1.29, 1.82) is 0 Å². The third kappa shape index (κ3) is 3.17. The van der Waals surface area contributed by atoms with Crippen molar-refractivity contribution in [2.24, 2.45) is 0 Å². The van der Waals surface area contributed by atoms with E-state index in [0.717, 1.165) is 38.6 Å². The number of hydrogen-bond acceptors (Lipinski definition) is 4. The van der Waals surface area contributed by atoms with Crippen molar-refractivity contribution >= 4 is 5.82 Å². The van der Waals surface area contributed by atoms with E-state index >= 15 is 0 Å². The summed E-state index contributed by atoms with van der Waals surface area (Å²) in [5, 5.41) is 0. The van der Waals surface area contributed by atoms with Crippen LogP contribution in [0.25, 0.3) is 0 Å². The highest BCUT2D eigenvalue weighted by atomic mass is 19.1. The molecule has 4 nitrogen and oxygen atoms in total. The lowest BCUT2D eigenvalue weighted by Crippen LogP contribution is -2.51. The van der Waals surface area contributed by atoms with Gasteiger partial charge in [0.1, 0.15) is 5.82 Å². The van der Waals surface area contributed by atoms with Crippen molar-refractivity contribution in [1.82, 2.24) is 9.88 Å². The minimum atomic E-state index is -0.414. The molecule has 1 saturated heterocycles. The van der Waals surface area contributed by atoms with E-state index in [-0.39, 0.29) is 0 Å². The molecular formula is C13H20FN3O. The number of hydrogen-bond donors (Lipinski definition) is 0. The normalized spacial score (nSPS) is 18.9. The number of piperazine rings is 1. The van der Waals surface area contributed by atoms with Crippen LogP contribution in [-0.4, -0.2) is 55.8 Å². The maximum absolute atomic E-state index is 13.1. The predicted molar refractivity (Wildman–Crippen MR) is 69.3 cm³/mol. The van der Waals surface area contributed by atoms with E-state index in [0.29, 0.717) is 6.04 Å². The smallest absolute Gasteiger partial charge is 0.214 e. The first-order valence-electron chi connectivity index (χ1n) is 6.31. The molecule has 0 bridgehead atoms. The zero-order chi connectivity index (χ0) is 13.0. The first-order chi connectivity index (χ1) is 8.70.